The zero-order chi connectivity index (χ0) is 13.4. The third-order valence-corrected chi connectivity index (χ3v) is 4.18. The van der Waals surface area contributed by atoms with Gasteiger partial charge >= 0.3 is 0 Å². The van der Waals surface area contributed by atoms with E-state index < -0.39 is 0 Å². The van der Waals surface area contributed by atoms with E-state index >= 15 is 0 Å². The Morgan fingerprint density at radius 3 is 2.89 bits per heavy atom. The molecule has 0 radical (unpaired) electrons. The fourth-order valence-electron chi connectivity index (χ4n) is 2.06. The van der Waals surface area contributed by atoms with E-state index in [1.807, 2.05) is 19.1 Å². The topological polar surface area (TPSA) is 71.2 Å². The fourth-order valence-corrected chi connectivity index (χ4v) is 2.89. The van der Waals surface area contributed by atoms with E-state index in [1.165, 1.54) is 11.3 Å². The second kappa shape index (κ2) is 4.75. The molecule has 0 bridgehead atoms. The number of aromatic nitrogens is 3. The molecule has 2 aromatic rings. The maximum Gasteiger partial charge on any atom is 0.264 e. The van der Waals surface area contributed by atoms with Gasteiger partial charge in [-0.2, -0.15) is 0 Å². The summed E-state index contributed by atoms with van der Waals surface area (Å²) in [4.78, 5) is 15.9. The lowest BCUT2D eigenvalue weighted by Crippen LogP contribution is -2.50. The first-order valence-electron chi connectivity index (χ1n) is 6.04. The minimum atomic E-state index is -0.107. The van der Waals surface area contributed by atoms with Crippen LogP contribution in [0.4, 0.5) is 0 Å². The Morgan fingerprint density at radius 2 is 2.32 bits per heavy atom. The number of hydrogen-bond donors (Lipinski definition) is 1. The largest absolute Gasteiger partial charge is 0.390 e. The first kappa shape index (κ1) is 12.3. The van der Waals surface area contributed by atoms with Crippen molar-refractivity contribution in [2.45, 2.75) is 19.6 Å². The second-order valence-electron chi connectivity index (χ2n) is 4.62. The van der Waals surface area contributed by atoms with Crippen molar-refractivity contribution in [1.82, 2.24) is 19.9 Å². The van der Waals surface area contributed by atoms with Gasteiger partial charge < -0.3 is 10.0 Å². The zero-order valence-electron chi connectivity index (χ0n) is 10.5. The minimum absolute atomic E-state index is 0.0804. The van der Waals surface area contributed by atoms with Gasteiger partial charge in [0.25, 0.3) is 5.91 Å². The monoisotopic (exact) mass is 278 g/mol. The van der Waals surface area contributed by atoms with Crippen LogP contribution in [0.2, 0.25) is 0 Å². The SMILES string of the molecule is Cc1ccc(C(=O)N2CC(n3cc(CO)nn3)C2)s1. The third-order valence-electron chi connectivity index (χ3n) is 3.19. The summed E-state index contributed by atoms with van der Waals surface area (Å²) in [5, 5.41) is 16.7. The van der Waals surface area contributed by atoms with Crippen molar-refractivity contribution in [2.24, 2.45) is 0 Å². The molecule has 1 aliphatic rings. The molecule has 3 heterocycles. The molecule has 1 saturated heterocycles. The summed E-state index contributed by atoms with van der Waals surface area (Å²) in [6, 6.07) is 3.99. The molecule has 1 amide bonds. The molecular weight excluding hydrogens is 264 g/mol. The van der Waals surface area contributed by atoms with Crippen LogP contribution >= 0.6 is 11.3 Å². The quantitative estimate of drug-likeness (QED) is 0.903. The highest BCUT2D eigenvalue weighted by atomic mass is 32.1. The molecule has 0 atom stereocenters. The van der Waals surface area contributed by atoms with E-state index in [1.54, 1.807) is 15.8 Å². The number of rotatable bonds is 3. The number of aliphatic hydroxyl groups is 1. The summed E-state index contributed by atoms with van der Waals surface area (Å²) in [5.41, 5.74) is 0.554. The van der Waals surface area contributed by atoms with Gasteiger partial charge in [0.15, 0.2) is 0 Å². The summed E-state index contributed by atoms with van der Waals surface area (Å²) in [6.07, 6.45) is 1.72. The van der Waals surface area contributed by atoms with Gasteiger partial charge in [-0.15, -0.1) is 16.4 Å². The Bertz CT molecular complexity index is 600. The van der Waals surface area contributed by atoms with Crippen LogP contribution in [-0.2, 0) is 6.61 Å². The molecule has 19 heavy (non-hydrogen) atoms. The molecular formula is C12H14N4O2S. The lowest BCUT2D eigenvalue weighted by molar-refractivity contribution is 0.0503. The Kier molecular flexibility index (Phi) is 3.08. The lowest BCUT2D eigenvalue weighted by atomic mass is 10.1. The lowest BCUT2D eigenvalue weighted by Gasteiger charge is -2.38. The van der Waals surface area contributed by atoms with Crippen molar-refractivity contribution in [3.8, 4) is 0 Å². The molecule has 0 spiro atoms. The molecule has 0 unspecified atom stereocenters. The highest BCUT2D eigenvalue weighted by Crippen LogP contribution is 2.25. The van der Waals surface area contributed by atoms with Crippen LogP contribution in [0.1, 0.15) is 26.3 Å². The third kappa shape index (κ3) is 2.26. The van der Waals surface area contributed by atoms with Crippen molar-refractivity contribution < 1.29 is 9.90 Å². The first-order valence-corrected chi connectivity index (χ1v) is 6.86. The van der Waals surface area contributed by atoms with Gasteiger partial charge in [0, 0.05) is 18.0 Å². The summed E-state index contributed by atoms with van der Waals surface area (Å²) in [5.74, 6) is 0.0804. The standard InChI is InChI=1S/C12H14N4O2S/c1-8-2-3-11(19-8)12(18)15-5-10(6-15)16-4-9(7-17)13-14-16/h2-4,10,17H,5-7H2,1H3. The maximum absolute atomic E-state index is 12.1. The van der Waals surface area contributed by atoms with Crippen LogP contribution in [0.15, 0.2) is 18.3 Å². The van der Waals surface area contributed by atoms with Crippen LogP contribution in [0, 0.1) is 6.92 Å². The van der Waals surface area contributed by atoms with E-state index in [0.717, 1.165) is 9.75 Å². The van der Waals surface area contributed by atoms with Crippen LogP contribution < -0.4 is 0 Å². The first-order chi connectivity index (χ1) is 9.17. The van der Waals surface area contributed by atoms with Gasteiger partial charge in [-0.05, 0) is 19.1 Å². The molecule has 3 rings (SSSR count). The Morgan fingerprint density at radius 1 is 1.53 bits per heavy atom. The molecule has 100 valence electrons. The second-order valence-corrected chi connectivity index (χ2v) is 5.91. The summed E-state index contributed by atoms with van der Waals surface area (Å²) >= 11 is 1.52. The average molecular weight is 278 g/mol. The van der Waals surface area contributed by atoms with Crippen molar-refractivity contribution >= 4 is 17.2 Å². The number of aryl methyl sites for hydroxylation is 1. The van der Waals surface area contributed by atoms with Gasteiger partial charge in [-0.3, -0.25) is 4.79 Å². The van der Waals surface area contributed by atoms with Gasteiger partial charge in [-0.25, -0.2) is 4.68 Å². The van der Waals surface area contributed by atoms with E-state index in [2.05, 4.69) is 10.3 Å². The van der Waals surface area contributed by atoms with Crippen molar-refractivity contribution in [3.63, 3.8) is 0 Å². The number of aliphatic hydroxyl groups excluding tert-OH is 1. The smallest absolute Gasteiger partial charge is 0.264 e. The Labute approximate surface area is 114 Å². The summed E-state index contributed by atoms with van der Waals surface area (Å²) in [6.45, 7) is 3.17. The van der Waals surface area contributed by atoms with Gasteiger partial charge in [0.1, 0.15) is 5.69 Å². The summed E-state index contributed by atoms with van der Waals surface area (Å²) in [7, 11) is 0. The van der Waals surface area contributed by atoms with Crippen molar-refractivity contribution in [2.75, 3.05) is 13.1 Å². The minimum Gasteiger partial charge on any atom is -0.390 e. The number of nitrogens with zero attached hydrogens (tertiary/aromatic N) is 4. The van der Waals surface area contributed by atoms with Gasteiger partial charge in [-0.1, -0.05) is 5.21 Å². The van der Waals surface area contributed by atoms with E-state index in [0.29, 0.717) is 18.8 Å². The Hall–Kier alpha value is -1.73. The van der Waals surface area contributed by atoms with E-state index in [4.69, 9.17) is 5.11 Å². The molecule has 7 heteroatoms. The Balaban J connectivity index is 1.62. The van der Waals surface area contributed by atoms with E-state index in [9.17, 15) is 4.79 Å². The predicted octanol–water partition coefficient (Wildman–Crippen LogP) is 0.837. The summed E-state index contributed by atoms with van der Waals surface area (Å²) < 4.78 is 1.72. The van der Waals surface area contributed by atoms with E-state index in [-0.39, 0.29) is 18.6 Å². The molecule has 6 nitrogen and oxygen atoms in total. The fraction of sp³-hybridized carbons (Fsp3) is 0.417. The number of carbonyl (C=O) groups is 1. The molecule has 1 N–H and O–H groups in total. The predicted molar refractivity (Wildman–Crippen MR) is 69.9 cm³/mol. The van der Waals surface area contributed by atoms with Crippen LogP contribution in [-0.4, -0.2) is 44.0 Å². The molecule has 0 aromatic carbocycles. The van der Waals surface area contributed by atoms with Crippen LogP contribution in [0.5, 0.6) is 0 Å². The van der Waals surface area contributed by atoms with Crippen LogP contribution in [0.25, 0.3) is 0 Å². The normalized spacial score (nSPS) is 15.6. The van der Waals surface area contributed by atoms with Gasteiger partial charge in [0.05, 0.1) is 23.7 Å². The van der Waals surface area contributed by atoms with Crippen molar-refractivity contribution in [1.29, 1.82) is 0 Å². The number of likely N-dealkylation sites (tertiary alicyclic amines) is 1. The highest BCUT2D eigenvalue weighted by molar-refractivity contribution is 7.13. The molecule has 1 aliphatic heterocycles. The maximum atomic E-state index is 12.1. The highest BCUT2D eigenvalue weighted by Gasteiger charge is 2.33. The number of carbonyl (C=O) groups excluding carboxylic acids is 1. The molecule has 0 saturated carbocycles. The number of thiophene rings is 1. The van der Waals surface area contributed by atoms with Crippen LogP contribution in [0.3, 0.4) is 0 Å². The average Bonchev–Trinajstić information content (AvgIpc) is 2.96. The van der Waals surface area contributed by atoms with Gasteiger partial charge in [0.2, 0.25) is 0 Å². The molecule has 1 fully saturated rings. The molecule has 2 aromatic heterocycles. The van der Waals surface area contributed by atoms with Crippen molar-refractivity contribution in [3.05, 3.63) is 33.8 Å². The molecule has 0 aliphatic carbocycles. The number of amides is 1. The zero-order valence-corrected chi connectivity index (χ0v) is 11.3. The number of hydrogen-bond acceptors (Lipinski definition) is 5.